The Morgan fingerprint density at radius 3 is 2.71 bits per heavy atom. The highest BCUT2D eigenvalue weighted by Crippen LogP contribution is 2.27. The molecule has 0 aromatic heterocycles. The number of rotatable bonds is 3. The van der Waals surface area contributed by atoms with Crippen molar-refractivity contribution in [2.75, 3.05) is 6.61 Å². The van der Waals surface area contributed by atoms with Gasteiger partial charge in [-0.15, -0.1) is 0 Å². The van der Waals surface area contributed by atoms with Crippen LogP contribution in [-0.2, 0) is 4.74 Å². The van der Waals surface area contributed by atoms with Crippen molar-refractivity contribution in [3.63, 3.8) is 0 Å². The van der Waals surface area contributed by atoms with Gasteiger partial charge in [0.15, 0.2) is 0 Å². The molecule has 1 aliphatic heterocycles. The fraction of sp³-hybridized carbons (Fsp3) is 0.462. The number of ether oxygens (including phenoxy) is 1. The molecule has 1 amide bonds. The van der Waals surface area contributed by atoms with Crippen LogP contribution in [0.4, 0.5) is 14.5 Å². The van der Waals surface area contributed by atoms with E-state index in [0.717, 1.165) is 0 Å². The van der Waals surface area contributed by atoms with Crippen molar-refractivity contribution in [3.8, 4) is 0 Å². The molecule has 1 fully saturated rings. The Balaban J connectivity index is 2.35. The van der Waals surface area contributed by atoms with Gasteiger partial charge in [-0.3, -0.25) is 14.9 Å². The van der Waals surface area contributed by atoms with Gasteiger partial charge in [0.1, 0.15) is 11.4 Å². The third kappa shape index (κ3) is 2.71. The van der Waals surface area contributed by atoms with Crippen molar-refractivity contribution in [3.05, 3.63) is 39.4 Å². The number of nitro groups is 1. The van der Waals surface area contributed by atoms with Crippen molar-refractivity contribution >= 4 is 11.6 Å². The maximum Gasteiger partial charge on any atom is 0.305 e. The third-order valence-corrected chi connectivity index (χ3v) is 3.78. The summed E-state index contributed by atoms with van der Waals surface area (Å²) in [5.41, 5.74) is -2.67. The Hall–Kier alpha value is -2.09. The van der Waals surface area contributed by atoms with Crippen LogP contribution in [0.25, 0.3) is 0 Å². The smallest absolute Gasteiger partial charge is 0.305 e. The maximum absolute atomic E-state index is 14.0. The van der Waals surface area contributed by atoms with Gasteiger partial charge >= 0.3 is 5.69 Å². The molecule has 1 heterocycles. The summed E-state index contributed by atoms with van der Waals surface area (Å²) in [7, 11) is 0. The average Bonchev–Trinajstić information content (AvgIpc) is 2.68. The number of carbonyl (C=O) groups is 1. The SMILES string of the molecule is CC1OCCC1(C)NC(=O)c1c(F)ccc([N+](=O)[O-])c1F. The molecule has 1 aromatic rings. The van der Waals surface area contributed by atoms with Crippen molar-refractivity contribution in [2.24, 2.45) is 0 Å². The maximum atomic E-state index is 14.0. The zero-order valence-electron chi connectivity index (χ0n) is 11.5. The predicted octanol–water partition coefficient (Wildman–Crippen LogP) is 2.17. The molecule has 0 spiro atoms. The molecule has 21 heavy (non-hydrogen) atoms. The summed E-state index contributed by atoms with van der Waals surface area (Å²) in [4.78, 5) is 21.8. The Morgan fingerprint density at radius 1 is 1.52 bits per heavy atom. The van der Waals surface area contributed by atoms with Crippen LogP contribution in [0.3, 0.4) is 0 Å². The monoisotopic (exact) mass is 300 g/mol. The van der Waals surface area contributed by atoms with Crippen LogP contribution in [0.1, 0.15) is 30.6 Å². The van der Waals surface area contributed by atoms with E-state index in [9.17, 15) is 23.7 Å². The summed E-state index contributed by atoms with van der Waals surface area (Å²) in [6.07, 6.45) is 0.157. The second-order valence-corrected chi connectivity index (χ2v) is 5.15. The van der Waals surface area contributed by atoms with E-state index in [1.54, 1.807) is 13.8 Å². The highest BCUT2D eigenvalue weighted by Gasteiger charge is 2.39. The molecule has 1 aliphatic rings. The van der Waals surface area contributed by atoms with Crippen molar-refractivity contribution < 1.29 is 23.2 Å². The zero-order valence-corrected chi connectivity index (χ0v) is 11.5. The van der Waals surface area contributed by atoms with Gasteiger partial charge in [0.25, 0.3) is 5.91 Å². The molecular weight excluding hydrogens is 286 g/mol. The summed E-state index contributed by atoms with van der Waals surface area (Å²) in [5, 5.41) is 13.2. The number of hydrogen-bond donors (Lipinski definition) is 1. The Labute approximate surface area is 119 Å². The highest BCUT2D eigenvalue weighted by molar-refractivity contribution is 5.96. The molecule has 8 heteroatoms. The molecule has 6 nitrogen and oxygen atoms in total. The molecular formula is C13H14F2N2O4. The first-order valence-electron chi connectivity index (χ1n) is 6.33. The van der Waals surface area contributed by atoms with E-state index in [2.05, 4.69) is 5.32 Å². The molecule has 1 aromatic carbocycles. The second-order valence-electron chi connectivity index (χ2n) is 5.15. The summed E-state index contributed by atoms with van der Waals surface area (Å²) < 4.78 is 33.0. The number of nitrogens with one attached hydrogen (secondary N) is 1. The lowest BCUT2D eigenvalue weighted by molar-refractivity contribution is -0.387. The fourth-order valence-corrected chi connectivity index (χ4v) is 2.21. The number of amides is 1. The lowest BCUT2D eigenvalue weighted by Crippen LogP contribution is -2.51. The molecule has 0 bridgehead atoms. The van der Waals surface area contributed by atoms with Crippen LogP contribution >= 0.6 is 0 Å². The van der Waals surface area contributed by atoms with Gasteiger partial charge in [-0.2, -0.15) is 4.39 Å². The van der Waals surface area contributed by atoms with E-state index >= 15 is 0 Å². The Bertz CT molecular complexity index is 608. The van der Waals surface area contributed by atoms with E-state index in [0.29, 0.717) is 25.2 Å². The first kappa shape index (κ1) is 15.3. The standard InChI is InChI=1S/C13H14F2N2O4/c1-7-13(2,5-6-21-7)16-12(18)10-8(14)3-4-9(11(10)15)17(19)20/h3-4,7H,5-6H2,1-2H3,(H,16,18). The van der Waals surface area contributed by atoms with Gasteiger partial charge in [0.2, 0.25) is 5.82 Å². The van der Waals surface area contributed by atoms with Gasteiger partial charge in [-0.25, -0.2) is 4.39 Å². The number of benzene rings is 1. The van der Waals surface area contributed by atoms with Gasteiger partial charge in [0, 0.05) is 12.7 Å². The molecule has 114 valence electrons. The van der Waals surface area contributed by atoms with E-state index in [4.69, 9.17) is 4.74 Å². The van der Waals surface area contributed by atoms with Crippen molar-refractivity contribution in [2.45, 2.75) is 31.9 Å². The topological polar surface area (TPSA) is 81.5 Å². The molecule has 1 saturated heterocycles. The summed E-state index contributed by atoms with van der Waals surface area (Å²) >= 11 is 0. The van der Waals surface area contributed by atoms with Gasteiger partial charge < -0.3 is 10.1 Å². The van der Waals surface area contributed by atoms with Gasteiger partial charge in [-0.1, -0.05) is 0 Å². The highest BCUT2D eigenvalue weighted by atomic mass is 19.1. The number of hydrogen-bond acceptors (Lipinski definition) is 4. The Kier molecular flexibility index (Phi) is 3.91. The van der Waals surface area contributed by atoms with Crippen LogP contribution in [0.15, 0.2) is 12.1 Å². The van der Waals surface area contributed by atoms with Crippen LogP contribution in [0.2, 0.25) is 0 Å². The van der Waals surface area contributed by atoms with Crippen molar-refractivity contribution in [1.82, 2.24) is 5.32 Å². The lowest BCUT2D eigenvalue weighted by Gasteiger charge is -2.28. The minimum absolute atomic E-state index is 0.328. The first-order valence-corrected chi connectivity index (χ1v) is 6.33. The predicted molar refractivity (Wildman–Crippen MR) is 68.9 cm³/mol. The van der Waals surface area contributed by atoms with E-state index in [1.165, 1.54) is 0 Å². The average molecular weight is 300 g/mol. The number of nitrogens with zero attached hydrogens (tertiary/aromatic N) is 1. The van der Waals surface area contributed by atoms with E-state index < -0.39 is 39.3 Å². The third-order valence-electron chi connectivity index (χ3n) is 3.78. The van der Waals surface area contributed by atoms with E-state index in [-0.39, 0.29) is 6.10 Å². The first-order chi connectivity index (χ1) is 9.76. The Morgan fingerprint density at radius 2 is 2.19 bits per heavy atom. The molecule has 0 saturated carbocycles. The second kappa shape index (κ2) is 5.36. The molecule has 0 radical (unpaired) electrons. The fourth-order valence-electron chi connectivity index (χ4n) is 2.21. The normalized spacial score (nSPS) is 24.9. The number of nitro benzene ring substituents is 1. The minimum atomic E-state index is -1.48. The molecule has 2 unspecified atom stereocenters. The van der Waals surface area contributed by atoms with Crippen LogP contribution in [0, 0.1) is 21.7 Å². The van der Waals surface area contributed by atoms with Gasteiger partial charge in [0.05, 0.1) is 16.6 Å². The summed E-state index contributed by atoms with van der Waals surface area (Å²) in [5.74, 6) is -3.66. The molecule has 1 N–H and O–H groups in total. The quantitative estimate of drug-likeness (QED) is 0.685. The minimum Gasteiger partial charge on any atom is -0.376 e. The largest absolute Gasteiger partial charge is 0.376 e. The molecule has 0 aliphatic carbocycles. The van der Waals surface area contributed by atoms with Crippen LogP contribution in [0.5, 0.6) is 0 Å². The van der Waals surface area contributed by atoms with Crippen molar-refractivity contribution in [1.29, 1.82) is 0 Å². The lowest BCUT2D eigenvalue weighted by atomic mass is 9.94. The molecule has 2 rings (SSSR count). The number of carbonyl (C=O) groups excluding carboxylic acids is 1. The summed E-state index contributed by atoms with van der Waals surface area (Å²) in [6, 6.07) is 1.39. The number of halogens is 2. The van der Waals surface area contributed by atoms with Crippen LogP contribution in [-0.4, -0.2) is 29.1 Å². The van der Waals surface area contributed by atoms with Gasteiger partial charge in [-0.05, 0) is 26.3 Å². The zero-order chi connectivity index (χ0) is 15.8. The summed E-state index contributed by atoms with van der Waals surface area (Å²) in [6.45, 7) is 3.83. The molecule has 2 atom stereocenters. The van der Waals surface area contributed by atoms with E-state index in [1.807, 2.05) is 0 Å². The van der Waals surface area contributed by atoms with Crippen LogP contribution < -0.4 is 5.32 Å².